The van der Waals surface area contributed by atoms with Gasteiger partial charge in [0, 0.05) is 37.1 Å². The lowest BCUT2D eigenvalue weighted by atomic mass is 10.0. The summed E-state index contributed by atoms with van der Waals surface area (Å²) < 4.78 is 5.62. The summed E-state index contributed by atoms with van der Waals surface area (Å²) in [7, 11) is 5.93. The molecule has 1 aromatic carbocycles. The van der Waals surface area contributed by atoms with Crippen molar-refractivity contribution in [3.63, 3.8) is 0 Å². The van der Waals surface area contributed by atoms with Crippen LogP contribution >= 0.6 is 0 Å². The van der Waals surface area contributed by atoms with E-state index in [2.05, 4.69) is 60.4 Å². The molecule has 1 N–H and O–H groups in total. The smallest absolute Gasteiger partial charge is 0.230 e. The Balaban J connectivity index is 1.31. The van der Waals surface area contributed by atoms with Gasteiger partial charge in [0.2, 0.25) is 11.8 Å². The molecule has 3 aromatic heterocycles. The van der Waals surface area contributed by atoms with Crippen molar-refractivity contribution in [1.82, 2.24) is 30.0 Å². The largest absolute Gasteiger partial charge is 0.480 e. The van der Waals surface area contributed by atoms with E-state index in [1.165, 1.54) is 0 Å². The lowest BCUT2D eigenvalue weighted by molar-refractivity contribution is 0.249. The molecule has 0 aliphatic carbocycles. The molecular formula is C28H32N8O. The molecule has 4 heterocycles. The topological polar surface area (TPSA) is 92.2 Å². The van der Waals surface area contributed by atoms with Crippen LogP contribution in [0.1, 0.15) is 18.4 Å². The van der Waals surface area contributed by atoms with Crippen molar-refractivity contribution in [2.75, 3.05) is 44.5 Å². The third-order valence-corrected chi connectivity index (χ3v) is 6.88. The second-order valence-electron chi connectivity index (χ2n) is 9.50. The van der Waals surface area contributed by atoms with Gasteiger partial charge in [-0.25, -0.2) is 4.98 Å². The molecule has 9 heteroatoms. The summed E-state index contributed by atoms with van der Waals surface area (Å²) in [5.74, 6) is 0.952. The van der Waals surface area contributed by atoms with Crippen LogP contribution in [0.4, 0.5) is 17.3 Å². The number of nitrogens with one attached hydrogen (secondary N) is 1. The highest BCUT2D eigenvalue weighted by Gasteiger charge is 2.21. The van der Waals surface area contributed by atoms with Crippen LogP contribution in [0.5, 0.6) is 5.88 Å². The van der Waals surface area contributed by atoms with Crippen molar-refractivity contribution in [3.8, 4) is 28.3 Å². The second-order valence-corrected chi connectivity index (χ2v) is 9.50. The number of hydrogen-bond acceptors (Lipinski definition) is 9. The first-order chi connectivity index (χ1) is 18.0. The highest BCUT2D eigenvalue weighted by molar-refractivity contribution is 5.73. The normalized spacial score (nSPS) is 14.1. The van der Waals surface area contributed by atoms with Gasteiger partial charge in [0.25, 0.3) is 0 Å². The maximum absolute atomic E-state index is 5.62. The minimum absolute atomic E-state index is 0.456. The van der Waals surface area contributed by atoms with E-state index in [1.807, 2.05) is 43.5 Å². The predicted octanol–water partition coefficient (Wildman–Crippen LogP) is 4.59. The second kappa shape index (κ2) is 10.9. The molecule has 1 saturated heterocycles. The monoisotopic (exact) mass is 496 g/mol. The molecule has 5 rings (SSSR count). The fraction of sp³-hybridized carbons (Fsp3) is 0.321. The number of aryl methyl sites for hydroxylation is 1. The Labute approximate surface area is 217 Å². The highest BCUT2D eigenvalue weighted by atomic mass is 16.5. The van der Waals surface area contributed by atoms with Gasteiger partial charge in [-0.2, -0.15) is 15.2 Å². The number of rotatable bonds is 7. The molecule has 0 spiro atoms. The summed E-state index contributed by atoms with van der Waals surface area (Å²) in [5.41, 5.74) is 6.66. The lowest BCUT2D eigenvalue weighted by Crippen LogP contribution is -2.42. The van der Waals surface area contributed by atoms with Gasteiger partial charge in [0.15, 0.2) is 0 Å². The summed E-state index contributed by atoms with van der Waals surface area (Å²) in [4.78, 5) is 18.3. The van der Waals surface area contributed by atoms with Gasteiger partial charge in [0.05, 0.1) is 42.1 Å². The SMILES string of the molecule is COc1nc(Nc2cncc(N3CCC(N(C)C)CC3)c2)ncc1-c1ccc(-c2nnccc2C)cc1. The number of piperidine rings is 1. The summed E-state index contributed by atoms with van der Waals surface area (Å²) in [6.07, 6.45) is 9.47. The Morgan fingerprint density at radius 1 is 1.00 bits per heavy atom. The van der Waals surface area contributed by atoms with Crippen LogP contribution in [0.25, 0.3) is 22.4 Å². The van der Waals surface area contributed by atoms with Gasteiger partial charge in [-0.3, -0.25) is 4.98 Å². The lowest BCUT2D eigenvalue weighted by Gasteiger charge is -2.36. The summed E-state index contributed by atoms with van der Waals surface area (Å²) in [6, 6.07) is 12.8. The molecule has 190 valence electrons. The average molecular weight is 497 g/mol. The zero-order chi connectivity index (χ0) is 25.8. The number of pyridine rings is 1. The number of aromatic nitrogens is 5. The standard InChI is InChI=1S/C28H32N8O/c1-19-9-12-31-34-26(19)21-7-5-20(6-8-21)25-18-30-28(33-27(25)37-4)32-22-15-24(17-29-16-22)36-13-10-23(11-14-36)35(2)3/h5-9,12,15-18,23H,10-11,13-14H2,1-4H3,(H,30,32,33). The third kappa shape index (κ3) is 5.51. The first-order valence-corrected chi connectivity index (χ1v) is 12.5. The Bertz CT molecular complexity index is 1350. The molecule has 0 unspecified atom stereocenters. The van der Waals surface area contributed by atoms with E-state index >= 15 is 0 Å². The zero-order valence-corrected chi connectivity index (χ0v) is 21.7. The van der Waals surface area contributed by atoms with Gasteiger partial charge in [-0.05, 0) is 57.1 Å². The molecule has 1 fully saturated rings. The molecule has 1 aliphatic rings. The first kappa shape index (κ1) is 24.6. The number of benzene rings is 1. The summed E-state index contributed by atoms with van der Waals surface area (Å²) in [6.45, 7) is 4.06. The van der Waals surface area contributed by atoms with E-state index in [-0.39, 0.29) is 0 Å². The fourth-order valence-electron chi connectivity index (χ4n) is 4.71. The van der Waals surface area contributed by atoms with Gasteiger partial charge in [-0.15, -0.1) is 0 Å². The van der Waals surface area contributed by atoms with E-state index in [0.717, 1.165) is 65.3 Å². The molecule has 1 aliphatic heterocycles. The number of methoxy groups -OCH3 is 1. The van der Waals surface area contributed by atoms with E-state index < -0.39 is 0 Å². The summed E-state index contributed by atoms with van der Waals surface area (Å²) >= 11 is 0. The summed E-state index contributed by atoms with van der Waals surface area (Å²) in [5, 5.41) is 11.6. The Kier molecular flexibility index (Phi) is 7.23. The molecule has 0 amide bonds. The molecule has 0 radical (unpaired) electrons. The maximum Gasteiger partial charge on any atom is 0.230 e. The van der Waals surface area contributed by atoms with Crippen LogP contribution in [0.15, 0.2) is 61.2 Å². The van der Waals surface area contributed by atoms with Crippen LogP contribution in [0.3, 0.4) is 0 Å². The van der Waals surface area contributed by atoms with Crippen LogP contribution in [0, 0.1) is 6.92 Å². The first-order valence-electron chi connectivity index (χ1n) is 12.5. The van der Waals surface area contributed by atoms with Crippen molar-refractivity contribution < 1.29 is 4.74 Å². The fourth-order valence-corrected chi connectivity index (χ4v) is 4.71. The molecule has 0 bridgehead atoms. The van der Waals surface area contributed by atoms with E-state index in [9.17, 15) is 0 Å². The quantitative estimate of drug-likeness (QED) is 0.394. The predicted molar refractivity (Wildman–Crippen MR) is 146 cm³/mol. The van der Waals surface area contributed by atoms with Crippen molar-refractivity contribution in [3.05, 3.63) is 66.7 Å². The van der Waals surface area contributed by atoms with E-state index in [4.69, 9.17) is 4.74 Å². The molecule has 9 nitrogen and oxygen atoms in total. The minimum Gasteiger partial charge on any atom is -0.480 e. The number of anilines is 3. The van der Waals surface area contributed by atoms with Crippen molar-refractivity contribution in [2.24, 2.45) is 0 Å². The molecule has 4 aromatic rings. The minimum atomic E-state index is 0.456. The van der Waals surface area contributed by atoms with Crippen molar-refractivity contribution in [2.45, 2.75) is 25.8 Å². The number of hydrogen-bond donors (Lipinski definition) is 1. The Hall–Kier alpha value is -4.11. The van der Waals surface area contributed by atoms with Crippen LogP contribution in [-0.2, 0) is 0 Å². The maximum atomic E-state index is 5.62. The van der Waals surface area contributed by atoms with E-state index in [0.29, 0.717) is 17.9 Å². The zero-order valence-electron chi connectivity index (χ0n) is 21.7. The number of ether oxygens (including phenoxy) is 1. The average Bonchev–Trinajstić information content (AvgIpc) is 2.93. The van der Waals surface area contributed by atoms with Crippen molar-refractivity contribution >= 4 is 17.3 Å². The Morgan fingerprint density at radius 2 is 1.76 bits per heavy atom. The molecule has 37 heavy (non-hydrogen) atoms. The van der Waals surface area contributed by atoms with Gasteiger partial charge >= 0.3 is 0 Å². The van der Waals surface area contributed by atoms with Gasteiger partial charge in [-0.1, -0.05) is 24.3 Å². The van der Waals surface area contributed by atoms with Crippen LogP contribution in [-0.4, -0.2) is 70.4 Å². The van der Waals surface area contributed by atoms with Crippen LogP contribution < -0.4 is 15.0 Å². The molecule has 0 atom stereocenters. The highest BCUT2D eigenvalue weighted by Crippen LogP contribution is 2.31. The van der Waals surface area contributed by atoms with Gasteiger partial charge < -0.3 is 19.9 Å². The van der Waals surface area contributed by atoms with E-state index in [1.54, 1.807) is 25.7 Å². The Morgan fingerprint density at radius 3 is 2.46 bits per heavy atom. The third-order valence-electron chi connectivity index (χ3n) is 6.88. The van der Waals surface area contributed by atoms with Crippen LogP contribution in [0.2, 0.25) is 0 Å². The molecular weight excluding hydrogens is 464 g/mol. The van der Waals surface area contributed by atoms with Crippen molar-refractivity contribution in [1.29, 1.82) is 0 Å². The van der Waals surface area contributed by atoms with Gasteiger partial charge in [0.1, 0.15) is 0 Å². The molecule has 0 saturated carbocycles. The number of nitrogens with zero attached hydrogens (tertiary/aromatic N) is 7.